The molecule has 1 fully saturated rings. The first-order valence-corrected chi connectivity index (χ1v) is 13.0. The zero-order chi connectivity index (χ0) is 27.5. The largest absolute Gasteiger partial charge is 0.465 e. The molecule has 1 aliphatic heterocycles. The lowest BCUT2D eigenvalue weighted by Crippen LogP contribution is -2.37. The van der Waals surface area contributed by atoms with Crippen LogP contribution in [0.15, 0.2) is 85.1 Å². The molecule has 3 heterocycles. The van der Waals surface area contributed by atoms with Crippen molar-refractivity contribution in [1.29, 1.82) is 0 Å². The number of anilines is 1. The van der Waals surface area contributed by atoms with E-state index < -0.39 is 0 Å². The number of rotatable bonds is 7. The molecule has 0 aliphatic carbocycles. The predicted molar refractivity (Wildman–Crippen MR) is 154 cm³/mol. The molecule has 1 amide bonds. The topological polar surface area (TPSA) is 88.5 Å². The quantitative estimate of drug-likeness (QED) is 0.255. The van der Waals surface area contributed by atoms with E-state index in [1.807, 2.05) is 72.5 Å². The summed E-state index contributed by atoms with van der Waals surface area (Å²) in [4.78, 5) is 31.6. The molecule has 0 bridgehead atoms. The molecule has 0 spiro atoms. The summed E-state index contributed by atoms with van der Waals surface area (Å²) in [5.74, 6) is -0.541. The molecule has 2 atom stereocenters. The van der Waals surface area contributed by atoms with E-state index in [1.165, 1.54) is 7.11 Å². The van der Waals surface area contributed by atoms with Gasteiger partial charge in [0, 0.05) is 29.0 Å². The van der Waals surface area contributed by atoms with E-state index in [4.69, 9.17) is 17.0 Å². The Kier molecular flexibility index (Phi) is 7.42. The highest BCUT2D eigenvalue weighted by molar-refractivity contribution is 7.80. The minimum atomic E-state index is -0.378. The van der Waals surface area contributed by atoms with Crippen LogP contribution in [0, 0.1) is 13.8 Å². The molecule has 0 unspecified atom stereocenters. The third-order valence-electron chi connectivity index (χ3n) is 6.90. The first kappa shape index (κ1) is 26.1. The number of nitrogens with zero attached hydrogens (tertiary/aromatic N) is 3. The van der Waals surface area contributed by atoms with Gasteiger partial charge in [-0.3, -0.25) is 9.78 Å². The molecule has 1 aliphatic rings. The summed E-state index contributed by atoms with van der Waals surface area (Å²) in [6.45, 7) is 4.16. The lowest BCUT2D eigenvalue weighted by atomic mass is 9.96. The van der Waals surface area contributed by atoms with Crippen molar-refractivity contribution in [3.63, 3.8) is 0 Å². The number of hydrogen-bond donors (Lipinski definition) is 2. The Labute approximate surface area is 232 Å². The van der Waals surface area contributed by atoms with Crippen LogP contribution in [-0.4, -0.2) is 45.1 Å². The zero-order valence-electron chi connectivity index (χ0n) is 21.9. The number of esters is 1. The van der Waals surface area contributed by atoms with Crippen LogP contribution in [0.5, 0.6) is 0 Å². The molecule has 0 saturated carbocycles. The number of carbonyl (C=O) groups excluding carboxylic acids is 2. The van der Waals surface area contributed by atoms with Crippen LogP contribution >= 0.6 is 12.2 Å². The molecule has 2 aromatic carbocycles. The molecule has 4 aromatic rings. The van der Waals surface area contributed by atoms with Crippen molar-refractivity contribution in [3.8, 4) is 5.69 Å². The maximum absolute atomic E-state index is 13.1. The van der Waals surface area contributed by atoms with Crippen LogP contribution in [0.25, 0.3) is 5.69 Å². The monoisotopic (exact) mass is 539 g/mol. The number of ether oxygens (including phenoxy) is 1. The standard InChI is InChI=1S/C30H29N5O3S/c1-19-17-24(20(2)35(19)23-14-12-21(13-15-23)29(37)38-3)28-27(25-11-7-8-16-31-25)33-30(39)34(28)18-26(36)32-22-9-5-4-6-10-22/h4-17,27-28H,18H2,1-3H3,(H,32,36)(H,33,39)/t27-,28-/m0/s1. The van der Waals surface area contributed by atoms with Crippen molar-refractivity contribution in [1.82, 2.24) is 19.8 Å². The van der Waals surface area contributed by atoms with Crippen molar-refractivity contribution in [2.24, 2.45) is 0 Å². The molecule has 2 N–H and O–H groups in total. The molecule has 2 aromatic heterocycles. The Bertz CT molecular complexity index is 1500. The summed E-state index contributed by atoms with van der Waals surface area (Å²) >= 11 is 5.76. The van der Waals surface area contributed by atoms with E-state index in [9.17, 15) is 9.59 Å². The summed E-state index contributed by atoms with van der Waals surface area (Å²) in [6.07, 6.45) is 1.76. The minimum Gasteiger partial charge on any atom is -0.465 e. The summed E-state index contributed by atoms with van der Waals surface area (Å²) in [6, 6.07) is 24.1. The molecular formula is C30H29N5O3S. The maximum atomic E-state index is 13.1. The lowest BCUT2D eigenvalue weighted by molar-refractivity contribution is -0.116. The van der Waals surface area contributed by atoms with Gasteiger partial charge >= 0.3 is 5.97 Å². The van der Waals surface area contributed by atoms with E-state index in [1.54, 1.807) is 18.3 Å². The summed E-state index contributed by atoms with van der Waals surface area (Å²) in [7, 11) is 1.37. The van der Waals surface area contributed by atoms with Gasteiger partial charge in [-0.05, 0) is 86.2 Å². The second-order valence-corrected chi connectivity index (χ2v) is 9.76. The molecule has 1 saturated heterocycles. The molecule has 0 radical (unpaired) electrons. The number of aryl methyl sites for hydroxylation is 1. The van der Waals surface area contributed by atoms with Gasteiger partial charge in [0.2, 0.25) is 5.91 Å². The van der Waals surface area contributed by atoms with Gasteiger partial charge in [-0.2, -0.15) is 0 Å². The van der Waals surface area contributed by atoms with E-state index in [0.29, 0.717) is 10.7 Å². The average Bonchev–Trinajstić information content (AvgIpc) is 3.43. The number of benzene rings is 2. The third kappa shape index (κ3) is 5.26. The van der Waals surface area contributed by atoms with Crippen LogP contribution in [0.1, 0.15) is 45.1 Å². The number of carbonyl (C=O) groups is 2. The predicted octanol–water partition coefficient (Wildman–Crippen LogP) is 4.89. The molecule has 5 rings (SSSR count). The first-order chi connectivity index (χ1) is 18.9. The Morgan fingerprint density at radius 1 is 1.03 bits per heavy atom. The number of nitrogens with one attached hydrogen (secondary N) is 2. The van der Waals surface area contributed by atoms with E-state index >= 15 is 0 Å². The zero-order valence-corrected chi connectivity index (χ0v) is 22.7. The van der Waals surface area contributed by atoms with Crippen LogP contribution in [-0.2, 0) is 9.53 Å². The van der Waals surface area contributed by atoms with E-state index in [0.717, 1.165) is 34.0 Å². The average molecular weight is 540 g/mol. The molecule has 9 heteroatoms. The van der Waals surface area contributed by atoms with Gasteiger partial charge in [0.15, 0.2) is 5.11 Å². The van der Waals surface area contributed by atoms with Crippen molar-refractivity contribution >= 4 is 34.9 Å². The van der Waals surface area contributed by atoms with Crippen molar-refractivity contribution in [3.05, 3.63) is 113 Å². The fourth-order valence-corrected chi connectivity index (χ4v) is 5.44. The third-order valence-corrected chi connectivity index (χ3v) is 7.26. The normalized spacial score (nSPS) is 16.6. The summed E-state index contributed by atoms with van der Waals surface area (Å²) < 4.78 is 6.97. The van der Waals surface area contributed by atoms with Gasteiger partial charge in [-0.25, -0.2) is 4.79 Å². The number of methoxy groups -OCH3 is 1. The van der Waals surface area contributed by atoms with Crippen LogP contribution in [0.2, 0.25) is 0 Å². The van der Waals surface area contributed by atoms with Gasteiger partial charge in [0.1, 0.15) is 6.54 Å². The van der Waals surface area contributed by atoms with E-state index in [2.05, 4.69) is 33.2 Å². The molecule has 198 valence electrons. The Hall–Kier alpha value is -4.50. The first-order valence-electron chi connectivity index (χ1n) is 12.6. The van der Waals surface area contributed by atoms with Gasteiger partial charge < -0.3 is 24.8 Å². The number of para-hydroxylation sites is 1. The minimum absolute atomic E-state index is 0.0756. The fourth-order valence-electron chi connectivity index (χ4n) is 5.14. The van der Waals surface area contributed by atoms with Gasteiger partial charge in [-0.1, -0.05) is 24.3 Å². The second-order valence-electron chi connectivity index (χ2n) is 9.37. The summed E-state index contributed by atoms with van der Waals surface area (Å²) in [5, 5.41) is 6.87. The number of thiocarbonyl (C=S) groups is 1. The Morgan fingerprint density at radius 2 is 1.74 bits per heavy atom. The number of hydrogen-bond acceptors (Lipinski definition) is 5. The Morgan fingerprint density at radius 3 is 2.41 bits per heavy atom. The molecular weight excluding hydrogens is 510 g/mol. The van der Waals surface area contributed by atoms with Gasteiger partial charge in [0.05, 0.1) is 30.5 Å². The van der Waals surface area contributed by atoms with Gasteiger partial charge in [-0.15, -0.1) is 0 Å². The highest BCUT2D eigenvalue weighted by Gasteiger charge is 2.42. The van der Waals surface area contributed by atoms with Gasteiger partial charge in [0.25, 0.3) is 0 Å². The smallest absolute Gasteiger partial charge is 0.337 e. The second kappa shape index (κ2) is 11.1. The fraction of sp³-hybridized carbons (Fsp3) is 0.200. The maximum Gasteiger partial charge on any atom is 0.337 e. The summed E-state index contributed by atoms with van der Waals surface area (Å²) in [5.41, 5.74) is 6.01. The van der Waals surface area contributed by atoms with Crippen LogP contribution in [0.3, 0.4) is 0 Å². The van der Waals surface area contributed by atoms with Crippen LogP contribution in [0.4, 0.5) is 5.69 Å². The SMILES string of the molecule is COC(=O)c1ccc(-n2c(C)cc([C@H]3[C@H](c4ccccn4)NC(=S)N3CC(=O)Nc3ccccc3)c2C)cc1. The lowest BCUT2D eigenvalue weighted by Gasteiger charge is -2.27. The highest BCUT2D eigenvalue weighted by Crippen LogP contribution is 2.41. The number of pyridine rings is 1. The molecule has 39 heavy (non-hydrogen) atoms. The number of amides is 1. The van der Waals surface area contributed by atoms with Crippen molar-refractivity contribution in [2.45, 2.75) is 25.9 Å². The Balaban J connectivity index is 1.52. The number of aromatic nitrogens is 2. The van der Waals surface area contributed by atoms with Crippen molar-refractivity contribution < 1.29 is 14.3 Å². The highest BCUT2D eigenvalue weighted by atomic mass is 32.1. The van der Waals surface area contributed by atoms with Crippen LogP contribution < -0.4 is 10.6 Å². The van der Waals surface area contributed by atoms with Crippen molar-refractivity contribution in [2.75, 3.05) is 19.0 Å². The molecule has 8 nitrogen and oxygen atoms in total. The van der Waals surface area contributed by atoms with E-state index in [-0.39, 0.29) is 30.5 Å².